The van der Waals surface area contributed by atoms with E-state index in [1.165, 1.54) is 0 Å². The molecule has 2 aliphatic rings. The minimum absolute atomic E-state index is 0. The van der Waals surface area contributed by atoms with Crippen molar-refractivity contribution < 1.29 is 14.3 Å². The lowest BCUT2D eigenvalue weighted by atomic mass is 9.91. The van der Waals surface area contributed by atoms with E-state index in [0.717, 1.165) is 18.8 Å². The summed E-state index contributed by atoms with van der Waals surface area (Å²) in [6.45, 7) is 2.85. The van der Waals surface area contributed by atoms with E-state index in [1.54, 1.807) is 12.0 Å². The van der Waals surface area contributed by atoms with Gasteiger partial charge in [0.1, 0.15) is 5.60 Å². The number of rotatable bonds is 4. The average molecular weight is 355 g/mol. The van der Waals surface area contributed by atoms with Crippen molar-refractivity contribution in [3.05, 3.63) is 24.3 Å². The summed E-state index contributed by atoms with van der Waals surface area (Å²) in [6, 6.07) is 7.20. The normalized spacial score (nSPS) is 19.4. The standard InChI is InChI=1S/C16H22N4O3.ClH/c1-23-16(6-8-17-9-7-16)14(21)19-12-2-4-13(5-3-12)20-11-10-18-15(20)22;/h2-5,17H,6-11H2,1H3,(H,18,22)(H,19,21);1H. The van der Waals surface area contributed by atoms with Crippen LogP contribution in [-0.4, -0.2) is 50.8 Å². The minimum Gasteiger partial charge on any atom is -0.368 e. The highest BCUT2D eigenvalue weighted by Gasteiger charge is 2.39. The summed E-state index contributed by atoms with van der Waals surface area (Å²) in [5.74, 6) is -0.117. The number of benzene rings is 1. The Morgan fingerprint density at radius 1 is 1.21 bits per heavy atom. The monoisotopic (exact) mass is 354 g/mol. The lowest BCUT2D eigenvalue weighted by Crippen LogP contribution is -2.51. The van der Waals surface area contributed by atoms with E-state index in [0.29, 0.717) is 31.6 Å². The number of anilines is 2. The third kappa shape index (κ3) is 3.63. The van der Waals surface area contributed by atoms with E-state index in [-0.39, 0.29) is 24.3 Å². The highest BCUT2D eigenvalue weighted by molar-refractivity contribution is 5.98. The van der Waals surface area contributed by atoms with E-state index < -0.39 is 5.60 Å². The summed E-state index contributed by atoms with van der Waals surface area (Å²) in [4.78, 5) is 25.9. The van der Waals surface area contributed by atoms with Gasteiger partial charge in [-0.1, -0.05) is 0 Å². The van der Waals surface area contributed by atoms with Crippen LogP contribution in [0.5, 0.6) is 0 Å². The van der Waals surface area contributed by atoms with Crippen LogP contribution in [0.25, 0.3) is 0 Å². The van der Waals surface area contributed by atoms with Gasteiger partial charge in [0.05, 0.1) is 0 Å². The molecule has 0 unspecified atom stereocenters. The third-order valence-electron chi connectivity index (χ3n) is 4.51. The van der Waals surface area contributed by atoms with Gasteiger partial charge in [0.25, 0.3) is 5.91 Å². The molecule has 0 radical (unpaired) electrons. The molecule has 2 fully saturated rings. The molecule has 0 aromatic heterocycles. The Hall–Kier alpha value is -1.83. The van der Waals surface area contributed by atoms with E-state index in [9.17, 15) is 9.59 Å². The van der Waals surface area contributed by atoms with Crippen LogP contribution in [0, 0.1) is 0 Å². The number of methoxy groups -OCH3 is 1. The molecule has 1 aromatic rings. The molecule has 24 heavy (non-hydrogen) atoms. The molecule has 2 aliphatic heterocycles. The van der Waals surface area contributed by atoms with Crippen LogP contribution in [0.4, 0.5) is 16.2 Å². The number of halogens is 1. The summed E-state index contributed by atoms with van der Waals surface area (Å²) < 4.78 is 5.52. The maximum atomic E-state index is 12.6. The zero-order valence-electron chi connectivity index (χ0n) is 13.6. The quantitative estimate of drug-likeness (QED) is 0.762. The van der Waals surface area contributed by atoms with Gasteiger partial charge in [-0.05, 0) is 50.2 Å². The van der Waals surface area contributed by atoms with Crippen molar-refractivity contribution in [1.82, 2.24) is 10.6 Å². The zero-order valence-corrected chi connectivity index (χ0v) is 14.4. The molecule has 0 spiro atoms. The van der Waals surface area contributed by atoms with Gasteiger partial charge < -0.3 is 20.7 Å². The Morgan fingerprint density at radius 2 is 1.88 bits per heavy atom. The topological polar surface area (TPSA) is 82.7 Å². The highest BCUT2D eigenvalue weighted by Crippen LogP contribution is 2.25. The van der Waals surface area contributed by atoms with Crippen molar-refractivity contribution in [3.8, 4) is 0 Å². The number of hydrogen-bond acceptors (Lipinski definition) is 4. The SMILES string of the molecule is COC1(C(=O)Nc2ccc(N3CCNC3=O)cc2)CCNCC1.Cl. The molecular weight excluding hydrogens is 332 g/mol. The molecule has 0 aliphatic carbocycles. The van der Waals surface area contributed by atoms with E-state index in [4.69, 9.17) is 4.74 Å². The molecule has 7 nitrogen and oxygen atoms in total. The third-order valence-corrected chi connectivity index (χ3v) is 4.51. The van der Waals surface area contributed by atoms with E-state index >= 15 is 0 Å². The van der Waals surface area contributed by atoms with Crippen molar-refractivity contribution in [1.29, 1.82) is 0 Å². The summed E-state index contributed by atoms with van der Waals surface area (Å²) in [5, 5.41) is 8.92. The lowest BCUT2D eigenvalue weighted by molar-refractivity contribution is -0.140. The predicted molar refractivity (Wildman–Crippen MR) is 94.9 cm³/mol. The Balaban J connectivity index is 0.00000208. The van der Waals surface area contributed by atoms with Crippen molar-refractivity contribution in [2.75, 3.05) is 43.5 Å². The predicted octanol–water partition coefficient (Wildman–Crippen LogP) is 1.35. The van der Waals surface area contributed by atoms with E-state index in [1.807, 2.05) is 24.3 Å². The molecule has 0 atom stereocenters. The number of nitrogens with one attached hydrogen (secondary N) is 3. The van der Waals surface area contributed by atoms with Gasteiger partial charge in [0.15, 0.2) is 0 Å². The van der Waals surface area contributed by atoms with Gasteiger partial charge in [0, 0.05) is 31.6 Å². The van der Waals surface area contributed by atoms with Crippen LogP contribution in [0.2, 0.25) is 0 Å². The zero-order chi connectivity index (χ0) is 16.3. The van der Waals surface area contributed by atoms with Crippen molar-refractivity contribution >= 4 is 35.7 Å². The first-order chi connectivity index (χ1) is 11.1. The highest BCUT2D eigenvalue weighted by atomic mass is 35.5. The smallest absolute Gasteiger partial charge is 0.321 e. The van der Waals surface area contributed by atoms with Crippen LogP contribution >= 0.6 is 12.4 Å². The second kappa shape index (κ2) is 7.83. The van der Waals surface area contributed by atoms with E-state index in [2.05, 4.69) is 16.0 Å². The molecule has 132 valence electrons. The first-order valence-corrected chi connectivity index (χ1v) is 7.87. The number of piperidine rings is 1. The molecule has 3 N–H and O–H groups in total. The summed E-state index contributed by atoms with van der Waals surface area (Å²) in [7, 11) is 1.58. The summed E-state index contributed by atoms with van der Waals surface area (Å²) in [6.07, 6.45) is 1.31. The molecule has 2 saturated heterocycles. The molecule has 8 heteroatoms. The molecule has 3 amide bonds. The Kier molecular flexibility index (Phi) is 6.04. The summed E-state index contributed by atoms with van der Waals surface area (Å²) in [5.41, 5.74) is 0.758. The number of carbonyl (C=O) groups excluding carboxylic acids is 2. The number of urea groups is 1. The van der Waals surface area contributed by atoms with Gasteiger partial charge >= 0.3 is 6.03 Å². The molecule has 2 heterocycles. The van der Waals surface area contributed by atoms with Gasteiger partial charge in [-0.25, -0.2) is 4.79 Å². The fourth-order valence-corrected chi connectivity index (χ4v) is 3.04. The van der Waals surface area contributed by atoms with Crippen LogP contribution in [0.1, 0.15) is 12.8 Å². The maximum Gasteiger partial charge on any atom is 0.321 e. The fourth-order valence-electron chi connectivity index (χ4n) is 3.04. The second-order valence-corrected chi connectivity index (χ2v) is 5.83. The molecule has 1 aromatic carbocycles. The van der Waals surface area contributed by atoms with Crippen molar-refractivity contribution in [3.63, 3.8) is 0 Å². The Morgan fingerprint density at radius 3 is 2.42 bits per heavy atom. The fraction of sp³-hybridized carbons (Fsp3) is 0.500. The molecule has 3 rings (SSSR count). The first-order valence-electron chi connectivity index (χ1n) is 7.87. The van der Waals surface area contributed by atoms with Crippen LogP contribution in [-0.2, 0) is 9.53 Å². The summed E-state index contributed by atoms with van der Waals surface area (Å²) >= 11 is 0. The number of nitrogens with zero attached hydrogens (tertiary/aromatic N) is 1. The molecule has 0 bridgehead atoms. The van der Waals surface area contributed by atoms with Crippen LogP contribution in [0.3, 0.4) is 0 Å². The van der Waals surface area contributed by atoms with Crippen LogP contribution in [0.15, 0.2) is 24.3 Å². The van der Waals surface area contributed by atoms with Crippen molar-refractivity contribution in [2.45, 2.75) is 18.4 Å². The first kappa shape index (κ1) is 18.5. The second-order valence-electron chi connectivity index (χ2n) is 5.83. The average Bonchev–Trinajstić information content (AvgIpc) is 3.02. The molecule has 0 saturated carbocycles. The lowest BCUT2D eigenvalue weighted by Gasteiger charge is -2.34. The van der Waals surface area contributed by atoms with Gasteiger partial charge in [-0.15, -0.1) is 12.4 Å². The number of amides is 3. The van der Waals surface area contributed by atoms with Gasteiger partial charge in [0.2, 0.25) is 0 Å². The van der Waals surface area contributed by atoms with Crippen LogP contribution < -0.4 is 20.9 Å². The van der Waals surface area contributed by atoms with Gasteiger partial charge in [-0.2, -0.15) is 0 Å². The Labute approximate surface area is 147 Å². The van der Waals surface area contributed by atoms with Gasteiger partial charge in [-0.3, -0.25) is 9.69 Å². The minimum atomic E-state index is -0.765. The Bertz CT molecular complexity index is 587. The number of carbonyl (C=O) groups is 2. The number of hydrogen-bond donors (Lipinski definition) is 3. The largest absolute Gasteiger partial charge is 0.368 e. The maximum absolute atomic E-state index is 12.6. The number of ether oxygens (including phenoxy) is 1. The molecular formula is C16H23ClN4O3. The van der Waals surface area contributed by atoms with Crippen molar-refractivity contribution in [2.24, 2.45) is 0 Å².